The topological polar surface area (TPSA) is 86.2 Å². The van der Waals surface area contributed by atoms with Gasteiger partial charge in [0, 0.05) is 6.20 Å². The molecule has 98 valence electrons. The van der Waals surface area contributed by atoms with Gasteiger partial charge >= 0.3 is 0 Å². The summed E-state index contributed by atoms with van der Waals surface area (Å²) in [5.41, 5.74) is 7.91. The average Bonchev–Trinajstić information content (AvgIpc) is 2.94. The van der Waals surface area contributed by atoms with Gasteiger partial charge in [0.2, 0.25) is 0 Å². The van der Waals surface area contributed by atoms with Crippen molar-refractivity contribution >= 4 is 16.9 Å². The molecule has 2 aromatic rings. The van der Waals surface area contributed by atoms with E-state index >= 15 is 0 Å². The van der Waals surface area contributed by atoms with Crippen molar-refractivity contribution in [3.8, 4) is 0 Å². The van der Waals surface area contributed by atoms with Crippen LogP contribution >= 0.6 is 0 Å². The second-order valence-electron chi connectivity index (χ2n) is 4.43. The standard InChI is InChI=1S/C13H14N4O2/c1-7-8(2)13(19-10(7)5-18)17-4-3-9-11(14)15-6-16-12(9)17/h3-4,6,10,13,18H,1-2,5H2,(H2,14,15,16). The molecule has 19 heavy (non-hydrogen) atoms. The molecular weight excluding hydrogens is 244 g/mol. The molecule has 0 spiro atoms. The van der Waals surface area contributed by atoms with Gasteiger partial charge < -0.3 is 20.1 Å². The number of ether oxygens (including phenoxy) is 1. The van der Waals surface area contributed by atoms with Gasteiger partial charge in [-0.25, -0.2) is 9.97 Å². The lowest BCUT2D eigenvalue weighted by molar-refractivity contribution is -0.00375. The van der Waals surface area contributed by atoms with E-state index in [1.54, 1.807) is 0 Å². The second-order valence-corrected chi connectivity index (χ2v) is 4.43. The molecule has 2 unspecified atom stereocenters. The summed E-state index contributed by atoms with van der Waals surface area (Å²) in [5.74, 6) is 0.421. The molecule has 6 heteroatoms. The van der Waals surface area contributed by atoms with Crippen molar-refractivity contribution in [1.29, 1.82) is 0 Å². The van der Waals surface area contributed by atoms with E-state index in [1.165, 1.54) is 6.33 Å². The van der Waals surface area contributed by atoms with E-state index in [2.05, 4.69) is 23.1 Å². The van der Waals surface area contributed by atoms with Crippen molar-refractivity contribution in [1.82, 2.24) is 14.5 Å². The van der Waals surface area contributed by atoms with Crippen molar-refractivity contribution < 1.29 is 9.84 Å². The summed E-state index contributed by atoms with van der Waals surface area (Å²) in [6.45, 7) is 7.74. The van der Waals surface area contributed by atoms with Crippen LogP contribution in [0.4, 0.5) is 5.82 Å². The minimum Gasteiger partial charge on any atom is -0.393 e. The summed E-state index contributed by atoms with van der Waals surface area (Å²) in [6.07, 6.45) is 2.38. The molecule has 6 nitrogen and oxygen atoms in total. The molecule has 0 radical (unpaired) electrons. The second kappa shape index (κ2) is 4.18. The summed E-state index contributed by atoms with van der Waals surface area (Å²) < 4.78 is 7.56. The molecule has 1 fully saturated rings. The minimum atomic E-state index is -0.422. The van der Waals surface area contributed by atoms with Crippen LogP contribution in [0.3, 0.4) is 0 Å². The first kappa shape index (κ1) is 11.9. The lowest BCUT2D eigenvalue weighted by Crippen LogP contribution is -2.15. The van der Waals surface area contributed by atoms with Crippen LogP contribution in [0, 0.1) is 0 Å². The Morgan fingerprint density at radius 2 is 2.16 bits per heavy atom. The first-order valence-electron chi connectivity index (χ1n) is 5.84. The first-order chi connectivity index (χ1) is 9.13. The number of nitrogens with zero attached hydrogens (tertiary/aromatic N) is 3. The molecule has 0 saturated carbocycles. The summed E-state index contributed by atoms with van der Waals surface area (Å²) in [7, 11) is 0. The SMILES string of the molecule is C=C1C(=C)C(n2ccc3c(N)ncnc32)OC1CO. The molecule has 0 amide bonds. The fourth-order valence-corrected chi connectivity index (χ4v) is 2.25. The maximum Gasteiger partial charge on any atom is 0.162 e. The van der Waals surface area contributed by atoms with E-state index in [0.717, 1.165) is 11.0 Å². The predicted octanol–water partition coefficient (Wildman–Crippen LogP) is 1.02. The van der Waals surface area contributed by atoms with Gasteiger partial charge in [-0.1, -0.05) is 13.2 Å². The zero-order chi connectivity index (χ0) is 13.6. The molecule has 3 heterocycles. The smallest absolute Gasteiger partial charge is 0.162 e. The summed E-state index contributed by atoms with van der Waals surface area (Å²) in [4.78, 5) is 8.16. The monoisotopic (exact) mass is 258 g/mol. The molecule has 1 aliphatic rings. The molecule has 3 rings (SSSR count). The van der Waals surface area contributed by atoms with E-state index in [9.17, 15) is 5.11 Å². The van der Waals surface area contributed by atoms with Gasteiger partial charge in [0.25, 0.3) is 0 Å². The predicted molar refractivity (Wildman–Crippen MR) is 71.2 cm³/mol. The fourth-order valence-electron chi connectivity index (χ4n) is 2.25. The molecule has 0 aromatic carbocycles. The van der Waals surface area contributed by atoms with Gasteiger partial charge in [-0.05, 0) is 17.2 Å². The summed E-state index contributed by atoms with van der Waals surface area (Å²) >= 11 is 0. The summed E-state index contributed by atoms with van der Waals surface area (Å²) in [6, 6.07) is 1.83. The van der Waals surface area contributed by atoms with Gasteiger partial charge in [-0.2, -0.15) is 0 Å². The number of hydrogen-bond donors (Lipinski definition) is 2. The van der Waals surface area contributed by atoms with E-state index in [4.69, 9.17) is 10.5 Å². The molecule has 1 saturated heterocycles. The van der Waals surface area contributed by atoms with Gasteiger partial charge in [0.1, 0.15) is 23.9 Å². The third kappa shape index (κ3) is 1.65. The van der Waals surface area contributed by atoms with E-state index < -0.39 is 12.3 Å². The van der Waals surface area contributed by atoms with Gasteiger partial charge in [-0.3, -0.25) is 0 Å². The van der Waals surface area contributed by atoms with Crippen LogP contribution in [0.2, 0.25) is 0 Å². The minimum absolute atomic E-state index is 0.120. The highest BCUT2D eigenvalue weighted by Gasteiger charge is 2.33. The Labute approximate surface area is 109 Å². The average molecular weight is 258 g/mol. The largest absolute Gasteiger partial charge is 0.393 e. The molecule has 1 aliphatic heterocycles. The highest BCUT2D eigenvalue weighted by Crippen LogP contribution is 2.37. The highest BCUT2D eigenvalue weighted by molar-refractivity contribution is 5.86. The summed E-state index contributed by atoms with van der Waals surface area (Å²) in [5, 5.41) is 10.0. The van der Waals surface area contributed by atoms with Crippen LogP contribution in [0.25, 0.3) is 11.0 Å². The number of fused-ring (bicyclic) bond motifs is 1. The Balaban J connectivity index is 2.09. The van der Waals surface area contributed by atoms with E-state index in [1.807, 2.05) is 16.8 Å². The molecule has 3 N–H and O–H groups in total. The zero-order valence-electron chi connectivity index (χ0n) is 10.3. The van der Waals surface area contributed by atoms with Crippen LogP contribution in [0.5, 0.6) is 0 Å². The highest BCUT2D eigenvalue weighted by atomic mass is 16.5. The van der Waals surface area contributed by atoms with Crippen LogP contribution in [0.15, 0.2) is 42.9 Å². The number of aliphatic hydroxyl groups excluding tert-OH is 1. The number of hydrogen-bond acceptors (Lipinski definition) is 5. The third-order valence-electron chi connectivity index (χ3n) is 3.35. The van der Waals surface area contributed by atoms with Gasteiger partial charge in [0.15, 0.2) is 6.23 Å². The Bertz CT molecular complexity index is 676. The number of aromatic nitrogens is 3. The molecule has 2 atom stereocenters. The van der Waals surface area contributed by atoms with Crippen molar-refractivity contribution in [2.45, 2.75) is 12.3 Å². The lowest BCUT2D eigenvalue weighted by Gasteiger charge is -2.14. The normalized spacial score (nSPS) is 23.4. The van der Waals surface area contributed by atoms with Crippen molar-refractivity contribution in [3.63, 3.8) is 0 Å². The van der Waals surface area contributed by atoms with Crippen molar-refractivity contribution in [3.05, 3.63) is 42.9 Å². The number of nitrogen functional groups attached to an aromatic ring is 1. The fraction of sp³-hybridized carbons (Fsp3) is 0.231. The Hall–Kier alpha value is -2.18. The Morgan fingerprint density at radius 1 is 1.37 bits per heavy atom. The van der Waals surface area contributed by atoms with Crippen molar-refractivity contribution in [2.75, 3.05) is 12.3 Å². The Kier molecular flexibility index (Phi) is 2.62. The molecule has 0 bridgehead atoms. The quantitative estimate of drug-likeness (QED) is 0.839. The first-order valence-corrected chi connectivity index (χ1v) is 5.84. The number of anilines is 1. The van der Waals surface area contributed by atoms with Crippen LogP contribution in [-0.2, 0) is 4.74 Å². The van der Waals surface area contributed by atoms with E-state index in [0.29, 0.717) is 17.0 Å². The maximum atomic E-state index is 9.25. The number of rotatable bonds is 2. The Morgan fingerprint density at radius 3 is 2.84 bits per heavy atom. The molecular formula is C13H14N4O2. The number of nitrogens with two attached hydrogens (primary N) is 1. The third-order valence-corrected chi connectivity index (χ3v) is 3.35. The van der Waals surface area contributed by atoms with Gasteiger partial charge in [-0.15, -0.1) is 0 Å². The molecule has 0 aliphatic carbocycles. The number of aliphatic hydroxyl groups is 1. The molecule has 2 aromatic heterocycles. The van der Waals surface area contributed by atoms with Crippen LogP contribution in [0.1, 0.15) is 6.23 Å². The lowest BCUT2D eigenvalue weighted by atomic mass is 10.1. The van der Waals surface area contributed by atoms with Crippen LogP contribution in [-0.4, -0.2) is 32.4 Å². The zero-order valence-corrected chi connectivity index (χ0v) is 10.3. The maximum absolute atomic E-state index is 9.25. The van der Waals surface area contributed by atoms with E-state index in [-0.39, 0.29) is 6.61 Å². The van der Waals surface area contributed by atoms with Crippen molar-refractivity contribution in [2.24, 2.45) is 0 Å². The van der Waals surface area contributed by atoms with Gasteiger partial charge in [0.05, 0.1) is 12.0 Å². The van der Waals surface area contributed by atoms with Crippen LogP contribution < -0.4 is 5.73 Å².